The Hall–Kier alpha value is -2.68. The van der Waals surface area contributed by atoms with Crippen molar-refractivity contribution >= 4 is 5.91 Å². The van der Waals surface area contributed by atoms with Crippen LogP contribution < -0.4 is 5.32 Å². The molecule has 6 nitrogen and oxygen atoms in total. The van der Waals surface area contributed by atoms with Crippen molar-refractivity contribution in [1.29, 1.82) is 5.26 Å². The summed E-state index contributed by atoms with van der Waals surface area (Å²) in [7, 11) is 0. The average Bonchev–Trinajstić information content (AvgIpc) is 3.00. The monoisotopic (exact) mass is 269 g/mol. The number of hydrogen-bond donors (Lipinski definition) is 1. The largest absolute Gasteiger partial charge is 0.351 e. The number of hydrogen-bond acceptors (Lipinski definition) is 4. The standard InChI is InChI=1S/C14H15N5O/c15-9-12-3-4-13(18-10-12)14(20)17-5-1-2-7-19-8-6-16-11-19/h3-4,6,8,10-11H,1-2,5,7H2,(H,17,20). The van der Waals surface area contributed by atoms with Crippen LogP contribution in [0.2, 0.25) is 0 Å². The Morgan fingerprint density at radius 1 is 1.40 bits per heavy atom. The Morgan fingerprint density at radius 3 is 2.95 bits per heavy atom. The van der Waals surface area contributed by atoms with Crippen molar-refractivity contribution in [3.8, 4) is 6.07 Å². The number of aromatic nitrogens is 3. The smallest absolute Gasteiger partial charge is 0.269 e. The summed E-state index contributed by atoms with van der Waals surface area (Å²) in [5, 5.41) is 11.5. The highest BCUT2D eigenvalue weighted by Gasteiger charge is 2.05. The number of imidazole rings is 1. The highest BCUT2D eigenvalue weighted by Crippen LogP contribution is 1.99. The molecule has 0 aliphatic rings. The fourth-order valence-electron chi connectivity index (χ4n) is 1.73. The van der Waals surface area contributed by atoms with Crippen LogP contribution in [-0.4, -0.2) is 27.0 Å². The molecule has 0 aromatic carbocycles. The zero-order valence-electron chi connectivity index (χ0n) is 11.0. The molecule has 2 heterocycles. The Morgan fingerprint density at radius 2 is 2.30 bits per heavy atom. The third-order valence-electron chi connectivity index (χ3n) is 2.81. The van der Waals surface area contributed by atoms with E-state index in [0.29, 0.717) is 17.8 Å². The predicted molar refractivity (Wildman–Crippen MR) is 72.7 cm³/mol. The van der Waals surface area contributed by atoms with Crippen molar-refractivity contribution in [2.45, 2.75) is 19.4 Å². The number of rotatable bonds is 6. The van der Waals surface area contributed by atoms with E-state index in [-0.39, 0.29) is 5.91 Å². The molecule has 0 bridgehead atoms. The van der Waals surface area contributed by atoms with Gasteiger partial charge in [0.15, 0.2) is 0 Å². The van der Waals surface area contributed by atoms with E-state index in [1.165, 1.54) is 6.20 Å². The summed E-state index contributed by atoms with van der Waals surface area (Å²) in [6, 6.07) is 5.10. The number of unbranched alkanes of at least 4 members (excludes halogenated alkanes) is 1. The van der Waals surface area contributed by atoms with Gasteiger partial charge in [0.25, 0.3) is 5.91 Å². The lowest BCUT2D eigenvalue weighted by molar-refractivity contribution is 0.0948. The summed E-state index contributed by atoms with van der Waals surface area (Å²) in [5.74, 6) is -0.211. The van der Waals surface area contributed by atoms with Gasteiger partial charge >= 0.3 is 0 Å². The van der Waals surface area contributed by atoms with Gasteiger partial charge in [0.2, 0.25) is 0 Å². The molecule has 6 heteroatoms. The highest BCUT2D eigenvalue weighted by molar-refractivity contribution is 5.92. The molecule has 0 saturated heterocycles. The molecule has 0 fully saturated rings. The molecule has 0 atom stereocenters. The second-order valence-electron chi connectivity index (χ2n) is 4.31. The van der Waals surface area contributed by atoms with Gasteiger partial charge in [-0.3, -0.25) is 4.79 Å². The summed E-state index contributed by atoms with van der Waals surface area (Å²) in [6.45, 7) is 1.50. The maximum Gasteiger partial charge on any atom is 0.269 e. The first-order chi connectivity index (χ1) is 9.79. The first kappa shape index (κ1) is 13.7. The number of pyridine rings is 1. The molecule has 0 radical (unpaired) electrons. The van der Waals surface area contributed by atoms with Crippen LogP contribution in [0.3, 0.4) is 0 Å². The molecule has 0 unspecified atom stereocenters. The van der Waals surface area contributed by atoms with E-state index in [0.717, 1.165) is 19.4 Å². The van der Waals surface area contributed by atoms with Gasteiger partial charge in [-0.05, 0) is 25.0 Å². The summed E-state index contributed by atoms with van der Waals surface area (Å²) in [5.41, 5.74) is 0.778. The molecule has 0 aliphatic carbocycles. The molecule has 102 valence electrons. The number of carbonyl (C=O) groups excluding carboxylic acids is 1. The van der Waals surface area contributed by atoms with E-state index in [1.807, 2.05) is 16.8 Å². The number of nitriles is 1. The third-order valence-corrected chi connectivity index (χ3v) is 2.81. The first-order valence-corrected chi connectivity index (χ1v) is 6.39. The minimum Gasteiger partial charge on any atom is -0.351 e. The van der Waals surface area contributed by atoms with Crippen LogP contribution in [0.5, 0.6) is 0 Å². The molecular weight excluding hydrogens is 254 g/mol. The summed E-state index contributed by atoms with van der Waals surface area (Å²) in [6.07, 6.45) is 8.70. The van der Waals surface area contributed by atoms with Gasteiger partial charge < -0.3 is 9.88 Å². The lowest BCUT2D eigenvalue weighted by atomic mass is 10.2. The lowest BCUT2D eigenvalue weighted by Gasteiger charge is -2.05. The topological polar surface area (TPSA) is 83.6 Å². The van der Waals surface area contributed by atoms with Crippen molar-refractivity contribution in [3.63, 3.8) is 0 Å². The molecule has 0 aliphatic heterocycles. The molecule has 2 aromatic heterocycles. The Labute approximate surface area is 117 Å². The highest BCUT2D eigenvalue weighted by atomic mass is 16.1. The molecule has 1 amide bonds. The number of nitrogens with zero attached hydrogens (tertiary/aromatic N) is 4. The van der Waals surface area contributed by atoms with Crippen molar-refractivity contribution in [2.24, 2.45) is 0 Å². The molecule has 1 N–H and O–H groups in total. The van der Waals surface area contributed by atoms with Crippen LogP contribution >= 0.6 is 0 Å². The van der Waals surface area contributed by atoms with Gasteiger partial charge in [0.1, 0.15) is 11.8 Å². The molecule has 0 saturated carbocycles. The number of nitrogens with one attached hydrogen (secondary N) is 1. The van der Waals surface area contributed by atoms with Crippen molar-refractivity contribution in [2.75, 3.05) is 6.54 Å². The van der Waals surface area contributed by atoms with Crippen molar-refractivity contribution < 1.29 is 4.79 Å². The zero-order chi connectivity index (χ0) is 14.2. The van der Waals surface area contributed by atoms with Crippen LogP contribution in [0.4, 0.5) is 0 Å². The normalized spacial score (nSPS) is 9.95. The average molecular weight is 269 g/mol. The van der Waals surface area contributed by atoms with E-state index in [2.05, 4.69) is 15.3 Å². The van der Waals surface area contributed by atoms with Crippen LogP contribution in [0.1, 0.15) is 28.9 Å². The Bertz CT molecular complexity index is 583. The third kappa shape index (κ3) is 3.92. The van der Waals surface area contributed by atoms with Gasteiger partial charge in [0, 0.05) is 31.7 Å². The molecule has 0 spiro atoms. The Balaban J connectivity index is 1.68. The summed E-state index contributed by atoms with van der Waals surface area (Å²) in [4.78, 5) is 19.7. The van der Waals surface area contributed by atoms with Crippen molar-refractivity contribution in [1.82, 2.24) is 19.9 Å². The quantitative estimate of drug-likeness (QED) is 0.802. The minimum absolute atomic E-state index is 0.211. The lowest BCUT2D eigenvalue weighted by Crippen LogP contribution is -2.25. The molecule has 2 aromatic rings. The van der Waals surface area contributed by atoms with Crippen molar-refractivity contribution in [3.05, 3.63) is 48.3 Å². The number of aryl methyl sites for hydroxylation is 1. The van der Waals surface area contributed by atoms with Gasteiger partial charge in [-0.25, -0.2) is 9.97 Å². The predicted octanol–water partition coefficient (Wildman–Crippen LogP) is 1.36. The molecular formula is C14H15N5O. The van der Waals surface area contributed by atoms with E-state index in [4.69, 9.17) is 5.26 Å². The van der Waals surface area contributed by atoms with E-state index in [1.54, 1.807) is 24.7 Å². The van der Waals surface area contributed by atoms with E-state index >= 15 is 0 Å². The van der Waals surface area contributed by atoms with E-state index < -0.39 is 0 Å². The summed E-state index contributed by atoms with van der Waals surface area (Å²) >= 11 is 0. The minimum atomic E-state index is -0.211. The fourth-order valence-corrected chi connectivity index (χ4v) is 1.73. The molecule has 2 rings (SSSR count). The van der Waals surface area contributed by atoms with Gasteiger partial charge in [-0.1, -0.05) is 0 Å². The fraction of sp³-hybridized carbons (Fsp3) is 0.286. The zero-order valence-corrected chi connectivity index (χ0v) is 11.0. The van der Waals surface area contributed by atoms with Crippen LogP contribution in [0.25, 0.3) is 0 Å². The van der Waals surface area contributed by atoms with Gasteiger partial charge in [-0.2, -0.15) is 5.26 Å². The van der Waals surface area contributed by atoms with Crippen LogP contribution in [0.15, 0.2) is 37.1 Å². The van der Waals surface area contributed by atoms with E-state index in [9.17, 15) is 4.79 Å². The van der Waals surface area contributed by atoms with Gasteiger partial charge in [-0.15, -0.1) is 0 Å². The SMILES string of the molecule is N#Cc1ccc(C(=O)NCCCCn2ccnc2)nc1. The van der Waals surface area contributed by atoms with Gasteiger partial charge in [0.05, 0.1) is 11.9 Å². The van der Waals surface area contributed by atoms with Crippen LogP contribution in [-0.2, 0) is 6.54 Å². The maximum atomic E-state index is 11.8. The summed E-state index contributed by atoms with van der Waals surface area (Å²) < 4.78 is 2.00. The Kier molecular flexibility index (Phi) is 4.84. The maximum absolute atomic E-state index is 11.8. The molecule has 20 heavy (non-hydrogen) atoms. The second-order valence-corrected chi connectivity index (χ2v) is 4.31. The second kappa shape index (κ2) is 7.04. The van der Waals surface area contributed by atoms with Crippen LogP contribution in [0, 0.1) is 11.3 Å². The number of amides is 1. The first-order valence-electron chi connectivity index (χ1n) is 6.39. The number of carbonyl (C=O) groups is 1.